The van der Waals surface area contributed by atoms with Crippen LogP contribution in [-0.2, 0) is 0 Å². The van der Waals surface area contributed by atoms with E-state index in [0.717, 1.165) is 32.0 Å². The van der Waals surface area contributed by atoms with Crippen molar-refractivity contribution in [1.82, 2.24) is 0 Å². The molecule has 0 aliphatic carbocycles. The van der Waals surface area contributed by atoms with Crippen LogP contribution in [0.4, 0.5) is 0 Å². The van der Waals surface area contributed by atoms with E-state index in [1.54, 1.807) is 0 Å². The molecule has 36 heavy (non-hydrogen) atoms. The first-order valence-electron chi connectivity index (χ1n) is 11.8. The van der Waals surface area contributed by atoms with Crippen LogP contribution in [0.15, 0.2) is 132 Å². The van der Waals surface area contributed by atoms with Crippen LogP contribution in [0, 0.1) is 0 Å². The molecule has 172 valence electrons. The molecule has 0 saturated heterocycles. The van der Waals surface area contributed by atoms with Crippen molar-refractivity contribution < 1.29 is 4.79 Å². The maximum absolute atomic E-state index is 13.8. The van der Waals surface area contributed by atoms with Crippen molar-refractivity contribution in [2.24, 2.45) is 0 Å². The van der Waals surface area contributed by atoms with E-state index in [1.807, 2.05) is 47.2 Å². The highest BCUT2D eigenvalue weighted by Crippen LogP contribution is 2.37. The second-order valence-electron chi connectivity index (χ2n) is 8.54. The van der Waals surface area contributed by atoms with Crippen molar-refractivity contribution in [2.45, 2.75) is 0 Å². The third-order valence-corrected chi connectivity index (χ3v) is 8.18. The quantitative estimate of drug-likeness (QED) is 0.209. The molecule has 0 aliphatic rings. The van der Waals surface area contributed by atoms with E-state index in [2.05, 4.69) is 84.9 Å². The predicted octanol–water partition coefficient (Wildman–Crippen LogP) is 9.71. The molecule has 6 aromatic rings. The number of benzene rings is 4. The molecule has 0 bridgehead atoms. The number of carbonyl (C=O) groups is 1. The van der Waals surface area contributed by atoms with Crippen molar-refractivity contribution in [1.29, 1.82) is 0 Å². The summed E-state index contributed by atoms with van der Waals surface area (Å²) in [6.07, 6.45) is 0. The van der Waals surface area contributed by atoms with Crippen molar-refractivity contribution >= 4 is 28.5 Å². The second kappa shape index (κ2) is 9.90. The molecule has 0 unspecified atom stereocenters. The highest BCUT2D eigenvalue weighted by molar-refractivity contribution is 7.16. The lowest BCUT2D eigenvalue weighted by molar-refractivity contribution is 0.104. The lowest BCUT2D eigenvalue weighted by Crippen LogP contribution is -1.99. The molecule has 0 spiro atoms. The molecule has 3 heteroatoms. The maximum Gasteiger partial charge on any atom is 0.214 e. The average molecular weight is 499 g/mol. The van der Waals surface area contributed by atoms with Gasteiger partial charge in [-0.25, -0.2) is 0 Å². The molecule has 0 atom stereocenters. The lowest BCUT2D eigenvalue weighted by atomic mass is 9.97. The van der Waals surface area contributed by atoms with Gasteiger partial charge in [0.05, 0.1) is 9.75 Å². The summed E-state index contributed by atoms with van der Waals surface area (Å²) < 4.78 is 0. The van der Waals surface area contributed by atoms with E-state index in [4.69, 9.17) is 0 Å². The first kappa shape index (κ1) is 22.4. The Morgan fingerprint density at radius 1 is 0.389 bits per heavy atom. The Morgan fingerprint density at radius 2 is 0.722 bits per heavy atom. The molecule has 4 aromatic carbocycles. The van der Waals surface area contributed by atoms with Gasteiger partial charge in [0, 0.05) is 11.1 Å². The summed E-state index contributed by atoms with van der Waals surface area (Å²) in [6.45, 7) is 0. The van der Waals surface area contributed by atoms with Crippen molar-refractivity contribution in [2.75, 3.05) is 0 Å². The molecular weight excluding hydrogens is 476 g/mol. The third kappa shape index (κ3) is 4.35. The Kier molecular flexibility index (Phi) is 6.17. The van der Waals surface area contributed by atoms with Gasteiger partial charge in [-0.1, -0.05) is 109 Å². The maximum atomic E-state index is 13.8. The van der Waals surface area contributed by atoms with Crippen LogP contribution < -0.4 is 0 Å². The summed E-state index contributed by atoms with van der Waals surface area (Å²) in [7, 11) is 0. The van der Waals surface area contributed by atoms with E-state index < -0.39 is 0 Å². The highest BCUT2D eigenvalue weighted by atomic mass is 32.1. The molecule has 0 N–H and O–H groups in total. The monoisotopic (exact) mass is 498 g/mol. The van der Waals surface area contributed by atoms with Gasteiger partial charge in [-0.2, -0.15) is 0 Å². The molecular formula is C33H22OS2. The largest absolute Gasteiger partial charge is 0.287 e. The Bertz CT molecular complexity index is 1480. The van der Waals surface area contributed by atoms with Gasteiger partial charge in [0.25, 0.3) is 0 Å². The minimum Gasteiger partial charge on any atom is -0.287 e. The minimum absolute atomic E-state index is 0.0873. The summed E-state index contributed by atoms with van der Waals surface area (Å²) in [5.74, 6) is 0.0873. The normalized spacial score (nSPS) is 10.9. The van der Waals surface area contributed by atoms with Gasteiger partial charge in [-0.3, -0.25) is 4.79 Å². The van der Waals surface area contributed by atoms with Gasteiger partial charge in [-0.05, 0) is 56.3 Å². The van der Waals surface area contributed by atoms with Crippen molar-refractivity contribution in [3.8, 4) is 44.5 Å². The fourth-order valence-electron chi connectivity index (χ4n) is 4.47. The molecule has 0 radical (unpaired) electrons. The van der Waals surface area contributed by atoms with Gasteiger partial charge in [0.2, 0.25) is 5.78 Å². The Balaban J connectivity index is 1.29. The van der Waals surface area contributed by atoms with E-state index in [9.17, 15) is 4.79 Å². The zero-order chi connectivity index (χ0) is 24.3. The summed E-state index contributed by atoms with van der Waals surface area (Å²) in [4.78, 5) is 15.3. The molecule has 1 nitrogen and oxygen atoms in total. The molecule has 0 fully saturated rings. The van der Waals surface area contributed by atoms with Crippen LogP contribution in [0.1, 0.15) is 14.5 Å². The van der Waals surface area contributed by atoms with Gasteiger partial charge in [0.1, 0.15) is 0 Å². The van der Waals surface area contributed by atoms with Crippen molar-refractivity contribution in [3.05, 3.63) is 142 Å². The Labute approximate surface area is 219 Å². The molecule has 6 rings (SSSR count). The van der Waals surface area contributed by atoms with E-state index in [0.29, 0.717) is 0 Å². The smallest absolute Gasteiger partial charge is 0.214 e. The molecule has 0 saturated carbocycles. The second-order valence-corrected chi connectivity index (χ2v) is 10.4. The first-order valence-corrected chi connectivity index (χ1v) is 13.6. The van der Waals surface area contributed by atoms with Gasteiger partial charge in [0.15, 0.2) is 0 Å². The molecule has 2 aromatic heterocycles. The lowest BCUT2D eigenvalue weighted by Gasteiger charge is -2.08. The number of hydrogen-bond acceptors (Lipinski definition) is 3. The average Bonchev–Trinajstić information content (AvgIpc) is 3.65. The van der Waals surface area contributed by atoms with Crippen LogP contribution in [0.2, 0.25) is 0 Å². The van der Waals surface area contributed by atoms with E-state index >= 15 is 0 Å². The topological polar surface area (TPSA) is 17.1 Å². The summed E-state index contributed by atoms with van der Waals surface area (Å²) in [5.41, 5.74) is 8.81. The van der Waals surface area contributed by atoms with Crippen LogP contribution in [0.3, 0.4) is 0 Å². The zero-order valence-electron chi connectivity index (χ0n) is 19.4. The molecule has 0 aliphatic heterocycles. The Morgan fingerprint density at radius 3 is 1.11 bits per heavy atom. The van der Waals surface area contributed by atoms with Gasteiger partial charge in [-0.15, -0.1) is 22.7 Å². The molecule has 0 amide bonds. The minimum atomic E-state index is 0.0873. The molecule has 2 heterocycles. The number of thiophene rings is 2. The summed E-state index contributed by atoms with van der Waals surface area (Å²) in [5, 5.41) is 4.02. The predicted molar refractivity (Wildman–Crippen MR) is 154 cm³/mol. The van der Waals surface area contributed by atoms with Gasteiger partial charge < -0.3 is 0 Å². The van der Waals surface area contributed by atoms with E-state index in [1.165, 1.54) is 44.9 Å². The van der Waals surface area contributed by atoms with E-state index in [-0.39, 0.29) is 5.78 Å². The van der Waals surface area contributed by atoms with Crippen LogP contribution in [-0.4, -0.2) is 5.78 Å². The van der Waals surface area contributed by atoms with Crippen molar-refractivity contribution in [3.63, 3.8) is 0 Å². The summed E-state index contributed by atoms with van der Waals surface area (Å²) >= 11 is 3.02. The number of hydrogen-bond donors (Lipinski definition) is 0. The number of ketones is 1. The van der Waals surface area contributed by atoms with Gasteiger partial charge >= 0.3 is 0 Å². The standard InChI is InChI=1S/C33H22OS2/c34-31(32-29(19-21-35-32)27-15-11-25(12-16-27)23-7-3-1-4-8-23)33-30(20-22-36-33)28-17-13-26(14-18-28)24-9-5-2-6-10-24/h1-22H. The first-order chi connectivity index (χ1) is 17.8. The van der Waals surface area contributed by atoms with Crippen LogP contribution >= 0.6 is 22.7 Å². The number of rotatable bonds is 6. The highest BCUT2D eigenvalue weighted by Gasteiger charge is 2.21. The fourth-order valence-corrected chi connectivity index (χ4v) is 6.26. The number of carbonyl (C=O) groups excluding carboxylic acids is 1. The fraction of sp³-hybridized carbons (Fsp3) is 0. The summed E-state index contributed by atoms with van der Waals surface area (Å²) in [6, 6.07) is 41.7. The Hall–Kier alpha value is -4.05. The SMILES string of the molecule is O=C(c1sccc1-c1ccc(-c2ccccc2)cc1)c1sccc1-c1ccc(-c2ccccc2)cc1. The van der Waals surface area contributed by atoms with Crippen LogP contribution in [0.5, 0.6) is 0 Å². The third-order valence-electron chi connectivity index (χ3n) is 6.35. The van der Waals surface area contributed by atoms with Crippen LogP contribution in [0.25, 0.3) is 44.5 Å². The zero-order valence-corrected chi connectivity index (χ0v) is 21.1.